The molecule has 0 saturated carbocycles. The SMILES string of the molecule is COCC(Br)CCNC(=O)c1ccc(C)c(Cl)c1. The summed E-state index contributed by atoms with van der Waals surface area (Å²) in [6.45, 7) is 3.14. The predicted octanol–water partition coefficient (Wildman–Crippen LogP) is 3.18. The summed E-state index contributed by atoms with van der Waals surface area (Å²) in [6.07, 6.45) is 0.819. The lowest BCUT2D eigenvalue weighted by Crippen LogP contribution is -2.26. The van der Waals surface area contributed by atoms with E-state index in [9.17, 15) is 4.79 Å². The van der Waals surface area contributed by atoms with Gasteiger partial charge in [-0.1, -0.05) is 33.6 Å². The lowest BCUT2D eigenvalue weighted by Gasteiger charge is -2.10. The summed E-state index contributed by atoms with van der Waals surface area (Å²) in [5.74, 6) is -0.103. The fraction of sp³-hybridized carbons (Fsp3) is 0.462. The summed E-state index contributed by atoms with van der Waals surface area (Å²) in [5.41, 5.74) is 1.55. The van der Waals surface area contributed by atoms with Gasteiger partial charge in [-0.15, -0.1) is 0 Å². The number of carbonyl (C=O) groups is 1. The zero-order chi connectivity index (χ0) is 13.5. The Morgan fingerprint density at radius 1 is 1.56 bits per heavy atom. The Morgan fingerprint density at radius 3 is 2.89 bits per heavy atom. The molecule has 3 nitrogen and oxygen atoms in total. The van der Waals surface area contributed by atoms with Crippen molar-refractivity contribution < 1.29 is 9.53 Å². The first kappa shape index (κ1) is 15.5. The van der Waals surface area contributed by atoms with Gasteiger partial charge in [0.05, 0.1) is 6.61 Å². The normalized spacial score (nSPS) is 12.2. The number of ether oxygens (including phenoxy) is 1. The van der Waals surface area contributed by atoms with Crippen LogP contribution in [0.3, 0.4) is 0 Å². The molecule has 1 N–H and O–H groups in total. The second-order valence-electron chi connectivity index (χ2n) is 4.06. The average molecular weight is 335 g/mol. The van der Waals surface area contributed by atoms with Crippen LogP contribution in [0.25, 0.3) is 0 Å². The molecule has 1 aromatic carbocycles. The van der Waals surface area contributed by atoms with Crippen molar-refractivity contribution in [1.82, 2.24) is 5.32 Å². The van der Waals surface area contributed by atoms with Crippen molar-refractivity contribution in [3.63, 3.8) is 0 Å². The van der Waals surface area contributed by atoms with Crippen LogP contribution in [0.1, 0.15) is 22.3 Å². The van der Waals surface area contributed by atoms with Crippen LogP contribution in [0.4, 0.5) is 0 Å². The van der Waals surface area contributed by atoms with Crippen molar-refractivity contribution in [3.05, 3.63) is 34.3 Å². The zero-order valence-corrected chi connectivity index (χ0v) is 12.8. The molecular weight excluding hydrogens is 318 g/mol. The highest BCUT2D eigenvalue weighted by Crippen LogP contribution is 2.16. The minimum absolute atomic E-state index is 0.103. The summed E-state index contributed by atoms with van der Waals surface area (Å²) in [7, 11) is 1.65. The average Bonchev–Trinajstić information content (AvgIpc) is 2.33. The number of amides is 1. The number of rotatable bonds is 6. The number of benzene rings is 1. The molecule has 1 atom stereocenters. The highest BCUT2D eigenvalue weighted by atomic mass is 79.9. The summed E-state index contributed by atoms with van der Waals surface area (Å²) in [5, 5.41) is 3.46. The Balaban J connectivity index is 2.43. The zero-order valence-electron chi connectivity index (χ0n) is 10.5. The van der Waals surface area contributed by atoms with E-state index in [2.05, 4.69) is 21.2 Å². The number of alkyl halides is 1. The minimum Gasteiger partial charge on any atom is -0.384 e. The molecule has 1 aromatic rings. The number of halogens is 2. The Kier molecular flexibility index (Phi) is 6.68. The largest absolute Gasteiger partial charge is 0.384 e. The maximum absolute atomic E-state index is 11.8. The number of aryl methyl sites for hydroxylation is 1. The maximum Gasteiger partial charge on any atom is 0.251 e. The van der Waals surface area contributed by atoms with Gasteiger partial charge >= 0.3 is 0 Å². The molecule has 0 fully saturated rings. The van der Waals surface area contributed by atoms with E-state index >= 15 is 0 Å². The fourth-order valence-corrected chi connectivity index (χ4v) is 2.12. The molecule has 1 rings (SSSR count). The molecule has 0 aromatic heterocycles. The Bertz CT molecular complexity index is 412. The number of hydrogen-bond acceptors (Lipinski definition) is 2. The number of carbonyl (C=O) groups excluding carboxylic acids is 1. The third kappa shape index (κ3) is 4.96. The molecule has 0 aliphatic heterocycles. The van der Waals surface area contributed by atoms with E-state index in [0.717, 1.165) is 12.0 Å². The van der Waals surface area contributed by atoms with Crippen molar-refractivity contribution >= 4 is 33.4 Å². The molecule has 0 heterocycles. The van der Waals surface area contributed by atoms with Crippen LogP contribution >= 0.6 is 27.5 Å². The molecule has 1 amide bonds. The molecule has 18 heavy (non-hydrogen) atoms. The van der Waals surface area contributed by atoms with Gasteiger partial charge in [0.25, 0.3) is 5.91 Å². The first-order valence-corrected chi connectivity index (χ1v) is 7.01. The number of nitrogens with one attached hydrogen (secondary N) is 1. The monoisotopic (exact) mass is 333 g/mol. The topological polar surface area (TPSA) is 38.3 Å². The Labute approximate surface area is 121 Å². The Morgan fingerprint density at radius 2 is 2.28 bits per heavy atom. The molecule has 5 heteroatoms. The van der Waals surface area contributed by atoms with E-state index in [-0.39, 0.29) is 10.7 Å². The van der Waals surface area contributed by atoms with Crippen LogP contribution in [0.2, 0.25) is 5.02 Å². The predicted molar refractivity (Wildman–Crippen MR) is 77.7 cm³/mol. The highest BCUT2D eigenvalue weighted by molar-refractivity contribution is 9.09. The quantitative estimate of drug-likeness (QED) is 0.812. The molecule has 0 saturated heterocycles. The van der Waals surface area contributed by atoms with Crippen LogP contribution in [-0.4, -0.2) is 31.0 Å². The second kappa shape index (κ2) is 7.77. The van der Waals surface area contributed by atoms with Gasteiger partial charge in [-0.3, -0.25) is 4.79 Å². The number of methoxy groups -OCH3 is 1. The molecule has 100 valence electrons. The van der Waals surface area contributed by atoms with Crippen molar-refractivity contribution in [1.29, 1.82) is 0 Å². The van der Waals surface area contributed by atoms with Crippen molar-refractivity contribution in [2.24, 2.45) is 0 Å². The molecule has 1 unspecified atom stereocenters. The third-order valence-corrected chi connectivity index (χ3v) is 3.65. The summed E-state index contributed by atoms with van der Waals surface area (Å²) in [4.78, 5) is 12.1. The maximum atomic E-state index is 11.8. The first-order valence-electron chi connectivity index (χ1n) is 5.72. The lowest BCUT2D eigenvalue weighted by atomic mass is 10.1. The van der Waals surface area contributed by atoms with Crippen LogP contribution in [0, 0.1) is 6.92 Å². The summed E-state index contributed by atoms with van der Waals surface area (Å²) < 4.78 is 5.00. The molecule has 0 radical (unpaired) electrons. The summed E-state index contributed by atoms with van der Waals surface area (Å²) in [6, 6.07) is 5.31. The van der Waals surface area contributed by atoms with Gasteiger partial charge in [-0.25, -0.2) is 0 Å². The van der Waals surface area contributed by atoms with Crippen molar-refractivity contribution in [3.8, 4) is 0 Å². The van der Waals surface area contributed by atoms with Crippen LogP contribution < -0.4 is 5.32 Å². The second-order valence-corrected chi connectivity index (χ2v) is 5.76. The molecule has 0 spiro atoms. The van der Waals surface area contributed by atoms with Crippen molar-refractivity contribution in [2.45, 2.75) is 18.2 Å². The van der Waals surface area contributed by atoms with E-state index in [1.54, 1.807) is 19.2 Å². The lowest BCUT2D eigenvalue weighted by molar-refractivity contribution is 0.0952. The molecular formula is C13H17BrClNO2. The van der Waals surface area contributed by atoms with E-state index < -0.39 is 0 Å². The smallest absolute Gasteiger partial charge is 0.251 e. The van der Waals surface area contributed by atoms with Gasteiger partial charge in [-0.2, -0.15) is 0 Å². The molecule has 0 bridgehead atoms. The van der Waals surface area contributed by atoms with Gasteiger partial charge in [-0.05, 0) is 31.0 Å². The van der Waals surface area contributed by atoms with E-state index in [4.69, 9.17) is 16.3 Å². The minimum atomic E-state index is -0.103. The van der Waals surface area contributed by atoms with E-state index in [1.165, 1.54) is 0 Å². The highest BCUT2D eigenvalue weighted by Gasteiger charge is 2.08. The van der Waals surface area contributed by atoms with Gasteiger partial charge in [0.1, 0.15) is 0 Å². The first-order chi connectivity index (χ1) is 8.54. The fourth-order valence-electron chi connectivity index (χ4n) is 1.44. The van der Waals surface area contributed by atoms with E-state index in [1.807, 2.05) is 13.0 Å². The van der Waals surface area contributed by atoms with Crippen LogP contribution in [0.15, 0.2) is 18.2 Å². The van der Waals surface area contributed by atoms with Gasteiger partial charge in [0, 0.05) is 29.1 Å². The third-order valence-electron chi connectivity index (χ3n) is 2.52. The molecule has 0 aliphatic carbocycles. The van der Waals surface area contributed by atoms with Gasteiger partial charge in [0.2, 0.25) is 0 Å². The Hall–Kier alpha value is -0.580. The van der Waals surface area contributed by atoms with Gasteiger partial charge in [0.15, 0.2) is 0 Å². The molecule has 0 aliphatic rings. The number of hydrogen-bond donors (Lipinski definition) is 1. The van der Waals surface area contributed by atoms with E-state index in [0.29, 0.717) is 23.7 Å². The van der Waals surface area contributed by atoms with Crippen LogP contribution in [-0.2, 0) is 4.74 Å². The standard InChI is InChI=1S/C13H17BrClNO2/c1-9-3-4-10(7-12(9)15)13(17)16-6-5-11(14)8-18-2/h3-4,7,11H,5-6,8H2,1-2H3,(H,16,17). The van der Waals surface area contributed by atoms with Gasteiger partial charge < -0.3 is 10.1 Å². The van der Waals surface area contributed by atoms with Crippen LogP contribution in [0.5, 0.6) is 0 Å². The van der Waals surface area contributed by atoms with Crippen molar-refractivity contribution in [2.75, 3.05) is 20.3 Å². The summed E-state index contributed by atoms with van der Waals surface area (Å²) >= 11 is 9.45.